The van der Waals surface area contributed by atoms with Gasteiger partial charge in [-0.2, -0.15) is 5.10 Å². The van der Waals surface area contributed by atoms with E-state index in [1.807, 2.05) is 10.7 Å². The quantitative estimate of drug-likeness (QED) is 0.518. The van der Waals surface area contributed by atoms with Crippen molar-refractivity contribution in [3.63, 3.8) is 0 Å². The van der Waals surface area contributed by atoms with Crippen LogP contribution >= 0.6 is 0 Å². The minimum absolute atomic E-state index is 0.569. The summed E-state index contributed by atoms with van der Waals surface area (Å²) in [4.78, 5) is 10.6. The van der Waals surface area contributed by atoms with Gasteiger partial charge >= 0.3 is 0 Å². The summed E-state index contributed by atoms with van der Waals surface area (Å²) in [6.45, 7) is 7.18. The van der Waals surface area contributed by atoms with Crippen molar-refractivity contribution in [1.29, 1.82) is 0 Å². The maximum absolute atomic E-state index is 6.12. The molecule has 3 rings (SSSR count). The second-order valence-corrected chi connectivity index (χ2v) is 6.29. The van der Waals surface area contributed by atoms with Gasteiger partial charge in [-0.3, -0.25) is 0 Å². The topological polar surface area (TPSA) is 72.3 Å². The molecule has 0 amide bonds. The SMILES string of the molecule is CCN(CC)C(N)=NCc1ccccc1-c1ccc(Cn2cncn2)cc1. The number of benzene rings is 2. The van der Waals surface area contributed by atoms with Gasteiger partial charge in [0.2, 0.25) is 0 Å². The Hall–Kier alpha value is -3.15. The smallest absolute Gasteiger partial charge is 0.191 e. The monoisotopic (exact) mass is 362 g/mol. The predicted octanol–water partition coefficient (Wildman–Crippen LogP) is 3.15. The molecule has 2 N–H and O–H groups in total. The van der Waals surface area contributed by atoms with E-state index in [0.717, 1.165) is 18.7 Å². The van der Waals surface area contributed by atoms with Crippen LogP contribution < -0.4 is 5.73 Å². The van der Waals surface area contributed by atoms with E-state index in [4.69, 9.17) is 5.73 Å². The zero-order valence-corrected chi connectivity index (χ0v) is 15.9. The number of rotatable bonds is 7. The lowest BCUT2D eigenvalue weighted by molar-refractivity contribution is 0.458. The van der Waals surface area contributed by atoms with Crippen molar-refractivity contribution >= 4 is 5.96 Å². The fourth-order valence-corrected chi connectivity index (χ4v) is 3.04. The molecule has 1 heterocycles. The van der Waals surface area contributed by atoms with Crippen LogP contribution in [0.1, 0.15) is 25.0 Å². The molecule has 0 spiro atoms. The van der Waals surface area contributed by atoms with Crippen molar-refractivity contribution in [2.45, 2.75) is 26.9 Å². The highest BCUT2D eigenvalue weighted by molar-refractivity contribution is 5.78. The molecule has 0 saturated heterocycles. The first-order chi connectivity index (χ1) is 13.2. The van der Waals surface area contributed by atoms with E-state index in [1.54, 1.807) is 12.7 Å². The maximum atomic E-state index is 6.12. The summed E-state index contributed by atoms with van der Waals surface area (Å²) >= 11 is 0. The second kappa shape index (κ2) is 8.98. The minimum atomic E-state index is 0.569. The van der Waals surface area contributed by atoms with Gasteiger partial charge in [-0.25, -0.2) is 14.7 Å². The molecule has 6 nitrogen and oxygen atoms in total. The lowest BCUT2D eigenvalue weighted by Gasteiger charge is -2.19. The average molecular weight is 362 g/mol. The van der Waals surface area contributed by atoms with Gasteiger partial charge in [-0.15, -0.1) is 0 Å². The molecular formula is C21H26N6. The molecule has 27 heavy (non-hydrogen) atoms. The van der Waals surface area contributed by atoms with Crippen LogP contribution in [0.5, 0.6) is 0 Å². The Labute approximate surface area is 160 Å². The third-order valence-corrected chi connectivity index (χ3v) is 4.59. The molecule has 2 aromatic carbocycles. The fraction of sp³-hybridized carbons (Fsp3) is 0.286. The summed E-state index contributed by atoms with van der Waals surface area (Å²) in [7, 11) is 0. The first kappa shape index (κ1) is 18.6. The van der Waals surface area contributed by atoms with Crippen LogP contribution in [0.15, 0.2) is 66.2 Å². The zero-order chi connectivity index (χ0) is 19.1. The molecule has 140 valence electrons. The van der Waals surface area contributed by atoms with E-state index in [1.165, 1.54) is 16.7 Å². The highest BCUT2D eigenvalue weighted by Gasteiger charge is 2.07. The molecule has 6 heteroatoms. The second-order valence-electron chi connectivity index (χ2n) is 6.29. The van der Waals surface area contributed by atoms with Gasteiger partial charge in [0.05, 0.1) is 13.1 Å². The first-order valence-corrected chi connectivity index (χ1v) is 9.25. The molecule has 0 aliphatic heterocycles. The number of guanidine groups is 1. The molecule has 0 atom stereocenters. The van der Waals surface area contributed by atoms with Gasteiger partial charge in [0.15, 0.2) is 5.96 Å². The van der Waals surface area contributed by atoms with Crippen LogP contribution in [0, 0.1) is 0 Å². The molecule has 0 fully saturated rings. The Balaban J connectivity index is 1.78. The predicted molar refractivity (Wildman–Crippen MR) is 109 cm³/mol. The van der Waals surface area contributed by atoms with Crippen molar-refractivity contribution in [3.05, 3.63) is 72.3 Å². The van der Waals surface area contributed by atoms with E-state index in [2.05, 4.69) is 76.3 Å². The summed E-state index contributed by atoms with van der Waals surface area (Å²) < 4.78 is 1.81. The van der Waals surface area contributed by atoms with E-state index in [0.29, 0.717) is 19.0 Å². The highest BCUT2D eigenvalue weighted by atomic mass is 15.3. The van der Waals surface area contributed by atoms with Gasteiger partial charge in [0.25, 0.3) is 0 Å². The van der Waals surface area contributed by atoms with Crippen LogP contribution in [-0.2, 0) is 13.1 Å². The van der Waals surface area contributed by atoms with E-state index >= 15 is 0 Å². The van der Waals surface area contributed by atoms with Gasteiger partial charge in [0, 0.05) is 13.1 Å². The number of nitrogens with zero attached hydrogens (tertiary/aromatic N) is 5. The Morgan fingerprint density at radius 3 is 2.48 bits per heavy atom. The molecule has 0 aliphatic rings. The Morgan fingerprint density at radius 2 is 1.81 bits per heavy atom. The van der Waals surface area contributed by atoms with Gasteiger partial charge in [0.1, 0.15) is 12.7 Å². The summed E-state index contributed by atoms with van der Waals surface area (Å²) in [5, 5.41) is 4.15. The maximum Gasteiger partial charge on any atom is 0.191 e. The van der Waals surface area contributed by atoms with Gasteiger partial charge in [-0.05, 0) is 36.1 Å². The molecule has 0 unspecified atom stereocenters. The van der Waals surface area contributed by atoms with Crippen molar-refractivity contribution in [3.8, 4) is 11.1 Å². The van der Waals surface area contributed by atoms with Crippen molar-refractivity contribution in [2.75, 3.05) is 13.1 Å². The van der Waals surface area contributed by atoms with Crippen LogP contribution in [0.2, 0.25) is 0 Å². The first-order valence-electron chi connectivity index (χ1n) is 9.25. The van der Waals surface area contributed by atoms with Gasteiger partial charge < -0.3 is 10.6 Å². The minimum Gasteiger partial charge on any atom is -0.370 e. The Kier molecular flexibility index (Phi) is 6.20. The standard InChI is InChI=1S/C21H26N6/c1-3-26(4-2)21(22)24-13-19-7-5-6-8-20(19)18-11-9-17(10-12-18)14-27-16-23-15-25-27/h5-12,15-16H,3-4,13-14H2,1-2H3,(H2,22,24). The van der Waals surface area contributed by atoms with E-state index < -0.39 is 0 Å². The van der Waals surface area contributed by atoms with Crippen molar-refractivity contribution in [2.24, 2.45) is 10.7 Å². The fourth-order valence-electron chi connectivity index (χ4n) is 3.04. The van der Waals surface area contributed by atoms with Crippen LogP contribution in [0.25, 0.3) is 11.1 Å². The summed E-state index contributed by atoms with van der Waals surface area (Å²) in [6.07, 6.45) is 3.27. The summed E-state index contributed by atoms with van der Waals surface area (Å²) in [6, 6.07) is 16.9. The number of hydrogen-bond donors (Lipinski definition) is 1. The molecular weight excluding hydrogens is 336 g/mol. The van der Waals surface area contributed by atoms with Gasteiger partial charge in [-0.1, -0.05) is 48.5 Å². The summed E-state index contributed by atoms with van der Waals surface area (Å²) in [5.41, 5.74) is 10.8. The van der Waals surface area contributed by atoms with Crippen molar-refractivity contribution in [1.82, 2.24) is 19.7 Å². The molecule has 1 aromatic heterocycles. The van der Waals surface area contributed by atoms with Crippen LogP contribution in [-0.4, -0.2) is 38.7 Å². The Bertz CT molecular complexity index is 864. The largest absolute Gasteiger partial charge is 0.370 e. The molecule has 0 saturated carbocycles. The third-order valence-electron chi connectivity index (χ3n) is 4.59. The Morgan fingerprint density at radius 1 is 1.07 bits per heavy atom. The number of aliphatic imine (C=N–C) groups is 1. The lowest BCUT2D eigenvalue weighted by atomic mass is 9.98. The highest BCUT2D eigenvalue weighted by Crippen LogP contribution is 2.25. The molecule has 0 aliphatic carbocycles. The number of hydrogen-bond acceptors (Lipinski definition) is 3. The average Bonchev–Trinajstić information content (AvgIpc) is 3.21. The summed E-state index contributed by atoms with van der Waals surface area (Å²) in [5.74, 6) is 0.595. The van der Waals surface area contributed by atoms with Crippen LogP contribution in [0.3, 0.4) is 0 Å². The van der Waals surface area contributed by atoms with Crippen molar-refractivity contribution < 1.29 is 0 Å². The third kappa shape index (κ3) is 4.73. The molecule has 0 radical (unpaired) electrons. The molecule has 0 bridgehead atoms. The number of nitrogens with two attached hydrogens (primary N) is 1. The lowest BCUT2D eigenvalue weighted by Crippen LogP contribution is -2.37. The normalized spacial score (nSPS) is 11.6. The van der Waals surface area contributed by atoms with Crippen LogP contribution in [0.4, 0.5) is 0 Å². The van der Waals surface area contributed by atoms with E-state index in [9.17, 15) is 0 Å². The number of aromatic nitrogens is 3. The van der Waals surface area contributed by atoms with E-state index in [-0.39, 0.29) is 0 Å². The molecule has 3 aromatic rings. The zero-order valence-electron chi connectivity index (χ0n) is 15.9.